The molecule has 4 heteroatoms. The molecule has 0 aliphatic carbocycles. The van der Waals surface area contributed by atoms with E-state index in [0.29, 0.717) is 4.90 Å². The van der Waals surface area contributed by atoms with Gasteiger partial charge in [0.15, 0.2) is 0 Å². The minimum Gasteiger partial charge on any atom is -0.480 e. The largest absolute Gasteiger partial charge is 0.480 e. The van der Waals surface area contributed by atoms with E-state index in [4.69, 9.17) is 5.11 Å². The molecule has 2 unspecified atom stereocenters. The first-order valence-electron chi connectivity index (χ1n) is 4.64. The molecule has 0 saturated heterocycles. The lowest BCUT2D eigenvalue weighted by atomic mass is 10.2. The van der Waals surface area contributed by atoms with Crippen LogP contribution in [0.5, 0.6) is 0 Å². The van der Waals surface area contributed by atoms with Crippen molar-refractivity contribution in [3.8, 4) is 0 Å². The third kappa shape index (κ3) is 2.65. The quantitative estimate of drug-likeness (QED) is 0.856. The van der Waals surface area contributed by atoms with Gasteiger partial charge in [0.1, 0.15) is 5.25 Å². The first kappa shape index (κ1) is 11.9. The maximum atomic E-state index is 11.9. The molecule has 0 aliphatic rings. The maximum absolute atomic E-state index is 11.9. The van der Waals surface area contributed by atoms with Gasteiger partial charge in [-0.25, -0.2) is 0 Å². The zero-order valence-electron chi connectivity index (χ0n) is 8.98. The van der Waals surface area contributed by atoms with Crippen LogP contribution in [0.4, 0.5) is 0 Å². The molecule has 0 aliphatic heterocycles. The highest BCUT2D eigenvalue weighted by molar-refractivity contribution is 7.86. The molecule has 2 atom stereocenters. The van der Waals surface area contributed by atoms with Crippen molar-refractivity contribution in [2.75, 3.05) is 0 Å². The van der Waals surface area contributed by atoms with Gasteiger partial charge in [-0.1, -0.05) is 12.1 Å². The minimum atomic E-state index is -1.48. The smallest absolute Gasteiger partial charge is 0.319 e. The Morgan fingerprint density at radius 1 is 1.40 bits per heavy atom. The summed E-state index contributed by atoms with van der Waals surface area (Å²) >= 11 is 0. The lowest BCUT2D eigenvalue weighted by Gasteiger charge is -2.10. The topological polar surface area (TPSA) is 54.4 Å². The first-order chi connectivity index (χ1) is 6.93. The third-order valence-corrected chi connectivity index (χ3v) is 3.95. The summed E-state index contributed by atoms with van der Waals surface area (Å²) in [5, 5.41) is 7.91. The molecular formula is C11H14O3S. The standard InChI is InChI=1S/C11H14O3S/c1-7-4-5-8(2)10(6-7)15(14)9(3)11(12)13/h4-6,9H,1-3H3,(H,12,13). The molecule has 0 amide bonds. The molecule has 0 bridgehead atoms. The van der Waals surface area contributed by atoms with Gasteiger partial charge in [0, 0.05) is 4.90 Å². The summed E-state index contributed by atoms with van der Waals surface area (Å²) in [4.78, 5) is 11.3. The van der Waals surface area contributed by atoms with Gasteiger partial charge < -0.3 is 5.11 Å². The van der Waals surface area contributed by atoms with E-state index in [0.717, 1.165) is 11.1 Å². The molecule has 1 rings (SSSR count). The molecule has 0 spiro atoms. The van der Waals surface area contributed by atoms with Crippen molar-refractivity contribution >= 4 is 16.8 Å². The number of carbonyl (C=O) groups is 1. The minimum absolute atomic E-state index is 0.616. The molecule has 3 nitrogen and oxygen atoms in total. The highest BCUT2D eigenvalue weighted by Crippen LogP contribution is 2.18. The van der Waals surface area contributed by atoms with Crippen LogP contribution in [-0.4, -0.2) is 20.5 Å². The van der Waals surface area contributed by atoms with Crippen molar-refractivity contribution in [2.24, 2.45) is 0 Å². The van der Waals surface area contributed by atoms with Crippen LogP contribution in [0.2, 0.25) is 0 Å². The highest BCUT2D eigenvalue weighted by atomic mass is 32.2. The number of aryl methyl sites for hydroxylation is 2. The number of aliphatic carboxylic acids is 1. The Hall–Kier alpha value is -1.16. The molecule has 0 fully saturated rings. The van der Waals surface area contributed by atoms with Crippen LogP contribution in [0.1, 0.15) is 18.1 Å². The van der Waals surface area contributed by atoms with Crippen molar-refractivity contribution < 1.29 is 14.1 Å². The Morgan fingerprint density at radius 3 is 2.53 bits per heavy atom. The predicted octanol–water partition coefficient (Wildman–Crippen LogP) is 1.88. The van der Waals surface area contributed by atoms with Crippen LogP contribution in [0.3, 0.4) is 0 Å². The van der Waals surface area contributed by atoms with E-state index < -0.39 is 22.0 Å². The van der Waals surface area contributed by atoms with Crippen molar-refractivity contribution in [3.63, 3.8) is 0 Å². The van der Waals surface area contributed by atoms with Crippen LogP contribution < -0.4 is 0 Å². The van der Waals surface area contributed by atoms with Gasteiger partial charge in [0.2, 0.25) is 0 Å². The van der Waals surface area contributed by atoms with Crippen LogP contribution in [0, 0.1) is 13.8 Å². The molecule has 0 radical (unpaired) electrons. The Bertz CT molecular complexity index is 412. The number of carboxylic acids is 1. The molecule has 1 N–H and O–H groups in total. The van der Waals surface area contributed by atoms with E-state index in [1.54, 1.807) is 6.07 Å². The lowest BCUT2D eigenvalue weighted by Crippen LogP contribution is -2.22. The summed E-state index contributed by atoms with van der Waals surface area (Å²) in [6.45, 7) is 5.19. The third-order valence-electron chi connectivity index (χ3n) is 2.23. The Labute approximate surface area is 91.6 Å². The molecule has 0 saturated carbocycles. The average Bonchev–Trinajstić information content (AvgIpc) is 2.19. The van der Waals surface area contributed by atoms with Crippen LogP contribution >= 0.6 is 0 Å². The summed E-state index contributed by atoms with van der Waals surface area (Å²) in [7, 11) is -1.48. The van der Waals surface area contributed by atoms with Crippen LogP contribution in [0.15, 0.2) is 23.1 Å². The monoisotopic (exact) mass is 226 g/mol. The molecule has 15 heavy (non-hydrogen) atoms. The fourth-order valence-corrected chi connectivity index (χ4v) is 2.46. The summed E-state index contributed by atoms with van der Waals surface area (Å²) in [5.74, 6) is -1.03. The second kappa shape index (κ2) is 4.57. The molecule has 1 aromatic carbocycles. The summed E-state index contributed by atoms with van der Waals surface area (Å²) in [6.07, 6.45) is 0. The fraction of sp³-hybridized carbons (Fsp3) is 0.364. The number of hydrogen-bond acceptors (Lipinski definition) is 2. The predicted molar refractivity (Wildman–Crippen MR) is 59.4 cm³/mol. The zero-order chi connectivity index (χ0) is 11.6. The molecule has 1 aromatic rings. The van der Waals surface area contributed by atoms with Crippen molar-refractivity contribution in [1.29, 1.82) is 0 Å². The Balaban J connectivity index is 3.11. The number of carboxylic acid groups (broad SMARTS) is 1. The van der Waals surface area contributed by atoms with Crippen molar-refractivity contribution in [2.45, 2.75) is 30.9 Å². The van der Waals surface area contributed by atoms with Crippen LogP contribution in [0.25, 0.3) is 0 Å². The maximum Gasteiger partial charge on any atom is 0.319 e. The lowest BCUT2D eigenvalue weighted by molar-refractivity contribution is -0.136. The van der Waals surface area contributed by atoms with E-state index in [-0.39, 0.29) is 0 Å². The van der Waals surface area contributed by atoms with Crippen molar-refractivity contribution in [3.05, 3.63) is 29.3 Å². The van der Waals surface area contributed by atoms with E-state index >= 15 is 0 Å². The van der Waals surface area contributed by atoms with Gasteiger partial charge in [0.05, 0.1) is 10.8 Å². The molecule has 0 aromatic heterocycles. The average molecular weight is 226 g/mol. The summed E-state index contributed by atoms with van der Waals surface area (Å²) in [6, 6.07) is 5.56. The summed E-state index contributed by atoms with van der Waals surface area (Å²) < 4.78 is 11.9. The second-order valence-electron chi connectivity index (χ2n) is 3.55. The van der Waals surface area contributed by atoms with Gasteiger partial charge in [-0.3, -0.25) is 9.00 Å². The second-order valence-corrected chi connectivity index (χ2v) is 5.29. The number of hydrogen-bond donors (Lipinski definition) is 1. The van der Waals surface area contributed by atoms with Gasteiger partial charge >= 0.3 is 5.97 Å². The van der Waals surface area contributed by atoms with Crippen molar-refractivity contribution in [1.82, 2.24) is 0 Å². The van der Waals surface area contributed by atoms with E-state index in [1.165, 1.54) is 6.92 Å². The highest BCUT2D eigenvalue weighted by Gasteiger charge is 2.21. The zero-order valence-corrected chi connectivity index (χ0v) is 9.80. The van der Waals surface area contributed by atoms with E-state index in [9.17, 15) is 9.00 Å². The first-order valence-corrected chi connectivity index (χ1v) is 5.85. The molecular weight excluding hydrogens is 212 g/mol. The normalized spacial score (nSPS) is 14.6. The Kier molecular flexibility index (Phi) is 3.63. The van der Waals surface area contributed by atoms with E-state index in [2.05, 4.69) is 0 Å². The Morgan fingerprint density at radius 2 is 2.00 bits per heavy atom. The van der Waals surface area contributed by atoms with Gasteiger partial charge in [0.25, 0.3) is 0 Å². The molecule has 82 valence electrons. The summed E-state index contributed by atoms with van der Waals surface area (Å²) in [5.41, 5.74) is 1.86. The molecule has 0 heterocycles. The van der Waals surface area contributed by atoms with Gasteiger partial charge in [-0.15, -0.1) is 0 Å². The van der Waals surface area contributed by atoms with Gasteiger partial charge in [-0.05, 0) is 38.0 Å². The van der Waals surface area contributed by atoms with Crippen LogP contribution in [-0.2, 0) is 15.6 Å². The SMILES string of the molecule is Cc1ccc(C)c(S(=O)C(C)C(=O)O)c1. The fourth-order valence-electron chi connectivity index (χ4n) is 1.21. The number of benzene rings is 1. The number of rotatable bonds is 3. The van der Waals surface area contributed by atoms with Gasteiger partial charge in [-0.2, -0.15) is 0 Å². The van der Waals surface area contributed by atoms with E-state index in [1.807, 2.05) is 26.0 Å².